The lowest BCUT2D eigenvalue weighted by atomic mass is 10.1. The zero-order valence-electron chi connectivity index (χ0n) is 19.3. The van der Waals surface area contributed by atoms with Crippen LogP contribution in [0.5, 0.6) is 0 Å². The minimum Gasteiger partial charge on any atom is -0.352 e. The molecule has 1 aromatic carbocycles. The molecule has 2 aromatic rings. The SMILES string of the molecule is CCC#C/C=N\N(C)c1ccc(F)cc1C(=O)N(CC)[C@@H](C)CNc1ncc(C(F)(F)F)cn1. The number of rotatable bonds is 8. The van der Waals surface area contributed by atoms with Crippen molar-refractivity contribution in [3.05, 3.63) is 47.5 Å². The van der Waals surface area contributed by atoms with Crippen LogP contribution < -0.4 is 10.3 Å². The van der Waals surface area contributed by atoms with Crippen LogP contribution in [-0.4, -0.2) is 53.2 Å². The maximum atomic E-state index is 14.0. The summed E-state index contributed by atoms with van der Waals surface area (Å²) < 4.78 is 52.0. The van der Waals surface area contributed by atoms with E-state index in [0.29, 0.717) is 31.0 Å². The van der Waals surface area contributed by atoms with Crippen molar-refractivity contribution < 1.29 is 22.4 Å². The highest BCUT2D eigenvalue weighted by molar-refractivity contribution is 6.00. The van der Waals surface area contributed by atoms with Crippen LogP contribution in [0.1, 0.15) is 43.1 Å². The summed E-state index contributed by atoms with van der Waals surface area (Å²) in [4.78, 5) is 22.1. The molecule has 0 aliphatic rings. The highest BCUT2D eigenvalue weighted by atomic mass is 19.4. The third-order valence-electron chi connectivity index (χ3n) is 4.78. The van der Waals surface area contributed by atoms with Gasteiger partial charge in [-0.1, -0.05) is 18.8 Å². The highest BCUT2D eigenvalue weighted by Crippen LogP contribution is 2.28. The average molecular weight is 478 g/mol. The van der Waals surface area contributed by atoms with E-state index in [0.717, 1.165) is 6.07 Å². The van der Waals surface area contributed by atoms with Gasteiger partial charge in [-0.25, -0.2) is 14.4 Å². The van der Waals surface area contributed by atoms with E-state index in [-0.39, 0.29) is 18.1 Å². The Hall–Kier alpha value is -3.68. The molecule has 1 atom stereocenters. The zero-order valence-corrected chi connectivity index (χ0v) is 19.3. The Morgan fingerprint density at radius 3 is 2.53 bits per heavy atom. The van der Waals surface area contributed by atoms with Crippen molar-refractivity contribution in [2.75, 3.05) is 30.5 Å². The van der Waals surface area contributed by atoms with Crippen molar-refractivity contribution in [2.45, 2.75) is 39.4 Å². The molecule has 182 valence electrons. The summed E-state index contributed by atoms with van der Waals surface area (Å²) in [6.07, 6.45) is -1.09. The molecule has 0 bridgehead atoms. The number of nitrogens with one attached hydrogen (secondary N) is 1. The molecule has 1 aromatic heterocycles. The maximum Gasteiger partial charge on any atom is 0.419 e. The Balaban J connectivity index is 2.17. The molecule has 0 saturated heterocycles. The van der Waals surface area contributed by atoms with E-state index in [4.69, 9.17) is 0 Å². The first-order valence-electron chi connectivity index (χ1n) is 10.6. The van der Waals surface area contributed by atoms with Gasteiger partial charge >= 0.3 is 6.18 Å². The predicted octanol–water partition coefficient (Wildman–Crippen LogP) is 4.43. The molecule has 1 heterocycles. The summed E-state index contributed by atoms with van der Waals surface area (Å²) in [5.41, 5.74) is -0.448. The molecule has 0 radical (unpaired) electrons. The van der Waals surface area contributed by atoms with E-state index in [1.807, 2.05) is 6.92 Å². The van der Waals surface area contributed by atoms with E-state index >= 15 is 0 Å². The number of hydrogen-bond acceptors (Lipinski definition) is 6. The van der Waals surface area contributed by atoms with Crippen molar-refractivity contribution in [3.63, 3.8) is 0 Å². The van der Waals surface area contributed by atoms with E-state index in [1.165, 1.54) is 28.3 Å². The van der Waals surface area contributed by atoms with Gasteiger partial charge in [0.25, 0.3) is 5.91 Å². The molecular weight excluding hydrogens is 452 g/mol. The number of nitrogens with zero attached hydrogens (tertiary/aromatic N) is 5. The van der Waals surface area contributed by atoms with Crippen molar-refractivity contribution >= 4 is 23.8 Å². The normalized spacial score (nSPS) is 12.1. The van der Waals surface area contributed by atoms with Crippen LogP contribution in [0.4, 0.5) is 29.2 Å². The topological polar surface area (TPSA) is 73.7 Å². The predicted molar refractivity (Wildman–Crippen MR) is 123 cm³/mol. The van der Waals surface area contributed by atoms with Crippen LogP contribution in [0.25, 0.3) is 0 Å². The number of halogens is 4. The minimum absolute atomic E-state index is 0.00273. The molecule has 7 nitrogen and oxygen atoms in total. The molecule has 1 N–H and O–H groups in total. The number of carbonyl (C=O) groups excluding carboxylic acids is 1. The Bertz CT molecular complexity index is 1060. The van der Waals surface area contributed by atoms with E-state index in [2.05, 4.69) is 32.2 Å². The summed E-state index contributed by atoms with van der Waals surface area (Å²) >= 11 is 0. The van der Waals surface area contributed by atoms with Gasteiger partial charge in [0.2, 0.25) is 5.95 Å². The van der Waals surface area contributed by atoms with E-state index in [9.17, 15) is 22.4 Å². The van der Waals surface area contributed by atoms with Crippen molar-refractivity contribution in [1.29, 1.82) is 0 Å². The second kappa shape index (κ2) is 12.0. The number of aromatic nitrogens is 2. The van der Waals surface area contributed by atoms with Gasteiger partial charge < -0.3 is 10.2 Å². The lowest BCUT2D eigenvalue weighted by molar-refractivity contribution is -0.138. The fraction of sp³-hybridized carbons (Fsp3) is 0.391. The Labute approximate surface area is 195 Å². The maximum absolute atomic E-state index is 14.0. The van der Waals surface area contributed by atoms with Crippen LogP contribution >= 0.6 is 0 Å². The molecule has 0 fully saturated rings. The number of hydrazone groups is 1. The number of carbonyl (C=O) groups is 1. The summed E-state index contributed by atoms with van der Waals surface area (Å²) in [5.74, 6) is 4.60. The van der Waals surface area contributed by atoms with Crippen molar-refractivity contribution in [3.8, 4) is 11.8 Å². The number of anilines is 2. The monoisotopic (exact) mass is 478 g/mol. The van der Waals surface area contributed by atoms with E-state index < -0.39 is 29.5 Å². The molecule has 2 rings (SSSR count). The number of likely N-dealkylation sites (N-methyl/N-ethyl adjacent to an activating group) is 1. The van der Waals surface area contributed by atoms with Crippen LogP contribution in [0, 0.1) is 17.7 Å². The third-order valence-corrected chi connectivity index (χ3v) is 4.78. The molecule has 34 heavy (non-hydrogen) atoms. The van der Waals surface area contributed by atoms with Gasteiger partial charge in [-0.2, -0.15) is 18.3 Å². The average Bonchev–Trinajstić information content (AvgIpc) is 2.80. The van der Waals surface area contributed by atoms with Gasteiger partial charge in [0.15, 0.2) is 0 Å². The fourth-order valence-electron chi connectivity index (χ4n) is 3.01. The van der Waals surface area contributed by atoms with Gasteiger partial charge in [0.1, 0.15) is 5.82 Å². The molecule has 0 saturated carbocycles. The summed E-state index contributed by atoms with van der Waals surface area (Å²) in [6.45, 7) is 5.89. The number of alkyl halides is 3. The third kappa shape index (κ3) is 7.16. The van der Waals surface area contributed by atoms with Crippen LogP contribution in [0.15, 0.2) is 35.7 Å². The molecule has 0 unspecified atom stereocenters. The first-order chi connectivity index (χ1) is 16.1. The summed E-state index contributed by atoms with van der Waals surface area (Å²) in [6, 6.07) is 3.42. The fourth-order valence-corrected chi connectivity index (χ4v) is 3.01. The molecular formula is C23H26F4N6O. The molecule has 1 amide bonds. The number of amides is 1. The second-order valence-corrected chi connectivity index (χ2v) is 7.22. The van der Waals surface area contributed by atoms with E-state index in [1.54, 1.807) is 20.9 Å². The van der Waals surface area contributed by atoms with Crippen molar-refractivity contribution in [2.24, 2.45) is 5.10 Å². The van der Waals surface area contributed by atoms with Crippen LogP contribution in [-0.2, 0) is 6.18 Å². The zero-order chi connectivity index (χ0) is 25.3. The van der Waals surface area contributed by atoms with Crippen molar-refractivity contribution in [1.82, 2.24) is 14.9 Å². The molecule has 0 aliphatic heterocycles. The minimum atomic E-state index is -4.53. The smallest absolute Gasteiger partial charge is 0.352 e. The molecule has 0 aliphatic carbocycles. The van der Waals surface area contributed by atoms with Crippen LogP contribution in [0.2, 0.25) is 0 Å². The Morgan fingerprint density at radius 1 is 1.26 bits per heavy atom. The van der Waals surface area contributed by atoms with Gasteiger partial charge in [0, 0.05) is 45.0 Å². The van der Waals surface area contributed by atoms with Gasteiger partial charge in [0.05, 0.1) is 23.0 Å². The second-order valence-electron chi connectivity index (χ2n) is 7.22. The first-order valence-corrected chi connectivity index (χ1v) is 10.6. The number of benzene rings is 1. The first kappa shape index (κ1) is 26.6. The summed E-state index contributed by atoms with van der Waals surface area (Å²) in [5, 5.41) is 8.43. The Morgan fingerprint density at radius 2 is 1.94 bits per heavy atom. The van der Waals surface area contributed by atoms with Gasteiger partial charge in [-0.15, -0.1) is 0 Å². The summed E-state index contributed by atoms with van der Waals surface area (Å²) in [7, 11) is 1.62. The standard InChI is InChI=1S/C23H26F4N6O/c1-5-7-8-11-31-32(4)20-10-9-18(24)12-19(20)21(34)33(6-2)16(3)13-28-22-29-14-17(15-30-22)23(25,26)27/h9-12,14-16H,5-6,13H2,1-4H3,(H,28,29,30)/b31-11-/t16-/m0/s1. The lowest BCUT2D eigenvalue weighted by Gasteiger charge is -2.29. The quantitative estimate of drug-likeness (QED) is 0.263. The largest absolute Gasteiger partial charge is 0.419 e. The van der Waals surface area contributed by atoms with Gasteiger partial charge in [-0.3, -0.25) is 9.80 Å². The highest BCUT2D eigenvalue weighted by Gasteiger charge is 2.31. The van der Waals surface area contributed by atoms with Gasteiger partial charge in [-0.05, 0) is 32.0 Å². The molecule has 0 spiro atoms. The van der Waals surface area contributed by atoms with Crippen LogP contribution in [0.3, 0.4) is 0 Å². The Kier molecular flexibility index (Phi) is 9.36. The lowest BCUT2D eigenvalue weighted by Crippen LogP contribution is -2.42. The number of hydrogen-bond donors (Lipinski definition) is 1. The molecule has 11 heteroatoms.